The number of morpholine rings is 1. The zero-order valence-electron chi connectivity index (χ0n) is 22.1. The van der Waals surface area contributed by atoms with Gasteiger partial charge in [-0.3, -0.25) is 4.79 Å². The van der Waals surface area contributed by atoms with Gasteiger partial charge in [0.2, 0.25) is 21.9 Å². The maximum Gasteiger partial charge on any atom is 0.248 e. The Hall–Kier alpha value is -2.11. The van der Waals surface area contributed by atoms with Crippen molar-refractivity contribution in [3.8, 4) is 0 Å². The molecule has 37 heavy (non-hydrogen) atoms. The number of halogens is 2. The standard InChI is InChI=1S/C26H38F2N4O4S/c1-5-29-23(33)14-19-17-31(12-13-36-19)37(34,35)20-6-7-22-21(15-20)30-24(25(2,3)4)32(22)16-18-8-10-26(27,28)11-9-18/h6-7,15,18-19H,5,8-14,16-17H2,1-4H3,(H,29,33). The fraction of sp³-hybridized carbons (Fsp3) is 0.692. The van der Waals surface area contributed by atoms with E-state index in [9.17, 15) is 22.0 Å². The summed E-state index contributed by atoms with van der Waals surface area (Å²) in [6.07, 6.45) is 0.309. The largest absolute Gasteiger partial charge is 0.375 e. The number of fused-ring (bicyclic) bond motifs is 1. The lowest BCUT2D eigenvalue weighted by Crippen LogP contribution is -2.47. The molecule has 2 fully saturated rings. The van der Waals surface area contributed by atoms with Gasteiger partial charge in [-0.15, -0.1) is 0 Å². The highest BCUT2D eigenvalue weighted by atomic mass is 32.2. The normalized spacial score (nSPS) is 21.8. The van der Waals surface area contributed by atoms with Gasteiger partial charge in [-0.2, -0.15) is 4.31 Å². The Labute approximate surface area is 217 Å². The molecule has 11 heteroatoms. The number of sulfonamides is 1. The molecule has 1 saturated carbocycles. The van der Waals surface area contributed by atoms with Gasteiger partial charge in [0.15, 0.2) is 0 Å². The molecule has 1 atom stereocenters. The summed E-state index contributed by atoms with van der Waals surface area (Å²) in [4.78, 5) is 16.9. The maximum atomic E-state index is 13.7. The van der Waals surface area contributed by atoms with E-state index in [1.54, 1.807) is 18.2 Å². The number of carbonyl (C=O) groups excluding carboxylic acids is 1. The van der Waals surface area contributed by atoms with Gasteiger partial charge in [-0.1, -0.05) is 20.8 Å². The van der Waals surface area contributed by atoms with E-state index in [0.29, 0.717) is 31.4 Å². The quantitative estimate of drug-likeness (QED) is 0.571. The second-order valence-corrected chi connectivity index (χ2v) is 13.2. The summed E-state index contributed by atoms with van der Waals surface area (Å²) in [5.74, 6) is -1.82. The van der Waals surface area contributed by atoms with Crippen molar-refractivity contribution >= 4 is 27.0 Å². The molecule has 1 unspecified atom stereocenters. The second-order valence-electron chi connectivity index (χ2n) is 11.3. The van der Waals surface area contributed by atoms with Crippen LogP contribution in [0.4, 0.5) is 8.78 Å². The van der Waals surface area contributed by atoms with Gasteiger partial charge in [0.05, 0.1) is 35.1 Å². The Morgan fingerprint density at radius 1 is 1.24 bits per heavy atom. The minimum atomic E-state index is -3.82. The molecule has 1 saturated heterocycles. The number of nitrogens with one attached hydrogen (secondary N) is 1. The summed E-state index contributed by atoms with van der Waals surface area (Å²) < 4.78 is 63.5. The minimum absolute atomic E-state index is 0.0990. The van der Waals surface area contributed by atoms with Gasteiger partial charge in [0.1, 0.15) is 5.82 Å². The molecule has 1 aliphatic heterocycles. The number of amides is 1. The fourth-order valence-corrected chi connectivity index (χ4v) is 6.70. The van der Waals surface area contributed by atoms with Crippen LogP contribution in [-0.4, -0.2) is 66.4 Å². The van der Waals surface area contributed by atoms with E-state index in [2.05, 4.69) is 9.88 Å². The number of nitrogens with zero attached hydrogens (tertiary/aromatic N) is 3. The van der Waals surface area contributed by atoms with Gasteiger partial charge in [-0.25, -0.2) is 22.2 Å². The second kappa shape index (κ2) is 10.6. The third-order valence-corrected chi connectivity index (χ3v) is 9.06. The topological polar surface area (TPSA) is 93.5 Å². The summed E-state index contributed by atoms with van der Waals surface area (Å²) in [5, 5.41) is 2.72. The van der Waals surface area contributed by atoms with Crippen molar-refractivity contribution in [3.05, 3.63) is 24.0 Å². The monoisotopic (exact) mass is 540 g/mol. The van der Waals surface area contributed by atoms with Crippen LogP contribution in [0.1, 0.15) is 65.6 Å². The lowest BCUT2D eigenvalue weighted by molar-refractivity contribution is -0.125. The van der Waals surface area contributed by atoms with E-state index >= 15 is 0 Å². The smallest absolute Gasteiger partial charge is 0.248 e. The highest BCUT2D eigenvalue weighted by Gasteiger charge is 2.36. The molecule has 1 amide bonds. The molecule has 0 radical (unpaired) electrons. The van der Waals surface area contributed by atoms with Crippen molar-refractivity contribution in [2.24, 2.45) is 5.92 Å². The van der Waals surface area contributed by atoms with Crippen LogP contribution in [0.2, 0.25) is 0 Å². The first-order valence-electron chi connectivity index (χ1n) is 13.1. The molecule has 0 spiro atoms. The number of aromatic nitrogens is 2. The Bertz CT molecular complexity index is 1230. The molecule has 1 aliphatic carbocycles. The van der Waals surface area contributed by atoms with Crippen LogP contribution in [0.15, 0.2) is 23.1 Å². The molecule has 2 heterocycles. The first-order chi connectivity index (χ1) is 17.3. The summed E-state index contributed by atoms with van der Waals surface area (Å²) in [6.45, 7) is 9.56. The van der Waals surface area contributed by atoms with Crippen LogP contribution in [-0.2, 0) is 31.5 Å². The summed E-state index contributed by atoms with van der Waals surface area (Å²) in [5.41, 5.74) is 1.06. The third-order valence-electron chi connectivity index (χ3n) is 7.19. The van der Waals surface area contributed by atoms with Crippen LogP contribution in [0.5, 0.6) is 0 Å². The summed E-state index contributed by atoms with van der Waals surface area (Å²) in [6, 6.07) is 4.96. The van der Waals surface area contributed by atoms with E-state index in [-0.39, 0.29) is 61.1 Å². The average Bonchev–Trinajstić information content (AvgIpc) is 3.19. The van der Waals surface area contributed by atoms with Crippen molar-refractivity contribution in [1.82, 2.24) is 19.2 Å². The number of carbonyl (C=O) groups is 1. The highest BCUT2D eigenvalue weighted by Crippen LogP contribution is 2.38. The number of imidazole rings is 1. The fourth-order valence-electron chi connectivity index (χ4n) is 5.23. The minimum Gasteiger partial charge on any atom is -0.375 e. The lowest BCUT2D eigenvalue weighted by Gasteiger charge is -2.32. The number of alkyl halides is 2. The van der Waals surface area contributed by atoms with Gasteiger partial charge < -0.3 is 14.6 Å². The summed E-state index contributed by atoms with van der Waals surface area (Å²) >= 11 is 0. The highest BCUT2D eigenvalue weighted by molar-refractivity contribution is 7.89. The van der Waals surface area contributed by atoms with Crippen molar-refractivity contribution in [3.63, 3.8) is 0 Å². The molecular weight excluding hydrogens is 502 g/mol. The zero-order valence-corrected chi connectivity index (χ0v) is 22.9. The summed E-state index contributed by atoms with van der Waals surface area (Å²) in [7, 11) is -3.82. The van der Waals surface area contributed by atoms with Crippen LogP contribution >= 0.6 is 0 Å². The van der Waals surface area contributed by atoms with Crippen molar-refractivity contribution in [2.75, 3.05) is 26.2 Å². The van der Waals surface area contributed by atoms with E-state index in [1.165, 1.54) is 4.31 Å². The van der Waals surface area contributed by atoms with Crippen LogP contribution < -0.4 is 5.32 Å². The van der Waals surface area contributed by atoms with Gasteiger partial charge in [-0.05, 0) is 43.9 Å². The third kappa shape index (κ3) is 6.31. The van der Waals surface area contributed by atoms with E-state index in [0.717, 1.165) is 11.3 Å². The Kier molecular flexibility index (Phi) is 7.97. The number of hydrogen-bond donors (Lipinski definition) is 1. The first kappa shape index (κ1) is 27.9. The molecule has 1 N–H and O–H groups in total. The predicted molar refractivity (Wildman–Crippen MR) is 137 cm³/mol. The number of rotatable bonds is 7. The van der Waals surface area contributed by atoms with E-state index < -0.39 is 22.0 Å². The van der Waals surface area contributed by atoms with Crippen molar-refractivity contribution < 1.29 is 26.7 Å². The molecule has 1 aromatic carbocycles. The van der Waals surface area contributed by atoms with Gasteiger partial charge in [0, 0.05) is 44.4 Å². The molecule has 0 bridgehead atoms. The van der Waals surface area contributed by atoms with Crippen LogP contribution in [0.25, 0.3) is 11.0 Å². The maximum absolute atomic E-state index is 13.7. The van der Waals surface area contributed by atoms with Crippen LogP contribution in [0.3, 0.4) is 0 Å². The van der Waals surface area contributed by atoms with Crippen molar-refractivity contribution in [2.45, 2.75) is 88.7 Å². The molecular formula is C26H38F2N4O4S. The van der Waals surface area contributed by atoms with Gasteiger partial charge >= 0.3 is 0 Å². The Morgan fingerprint density at radius 3 is 2.59 bits per heavy atom. The predicted octanol–water partition coefficient (Wildman–Crippen LogP) is 4.08. The average molecular weight is 541 g/mol. The lowest BCUT2D eigenvalue weighted by atomic mass is 9.86. The molecule has 2 aromatic rings. The molecule has 4 rings (SSSR count). The molecule has 1 aromatic heterocycles. The Balaban J connectivity index is 1.60. The van der Waals surface area contributed by atoms with Crippen molar-refractivity contribution in [1.29, 1.82) is 0 Å². The zero-order chi connectivity index (χ0) is 27.0. The number of hydrogen-bond acceptors (Lipinski definition) is 5. The van der Waals surface area contributed by atoms with Gasteiger partial charge in [0.25, 0.3) is 0 Å². The Morgan fingerprint density at radius 2 is 1.95 bits per heavy atom. The first-order valence-corrected chi connectivity index (χ1v) is 14.5. The molecule has 206 valence electrons. The van der Waals surface area contributed by atoms with E-state index in [4.69, 9.17) is 9.72 Å². The molecule has 8 nitrogen and oxygen atoms in total. The SMILES string of the molecule is CCNC(=O)CC1CN(S(=O)(=O)c2ccc3c(c2)nc(C(C)(C)C)n3CC2CCC(F)(F)CC2)CCO1. The number of benzene rings is 1. The number of ether oxygens (including phenoxy) is 1. The van der Waals surface area contributed by atoms with E-state index in [1.807, 2.05) is 27.7 Å². The van der Waals surface area contributed by atoms with Crippen LogP contribution in [0, 0.1) is 5.92 Å². The molecule has 2 aliphatic rings.